The summed E-state index contributed by atoms with van der Waals surface area (Å²) in [6.07, 6.45) is 37.7. The predicted molar refractivity (Wildman–Crippen MR) is 211 cm³/mol. The lowest BCUT2D eigenvalue weighted by molar-refractivity contribution is -0.302. The zero-order valence-electron chi connectivity index (χ0n) is 32.0. The van der Waals surface area contributed by atoms with Crippen LogP contribution < -0.4 is 5.32 Å². The maximum Gasteiger partial charge on any atom is 0.220 e. The third kappa shape index (κ3) is 23.8. The van der Waals surface area contributed by atoms with Crippen LogP contribution in [0, 0.1) is 0 Å². The summed E-state index contributed by atoms with van der Waals surface area (Å²) in [5.74, 6) is -0.250. The summed E-state index contributed by atoms with van der Waals surface area (Å²) >= 11 is 0. The van der Waals surface area contributed by atoms with Gasteiger partial charge in [-0.1, -0.05) is 131 Å². The second-order valence-electron chi connectivity index (χ2n) is 13.3. The summed E-state index contributed by atoms with van der Waals surface area (Å²) in [6, 6.07) is -0.854. The van der Waals surface area contributed by atoms with Crippen LogP contribution in [0.1, 0.15) is 123 Å². The Hall–Kier alpha value is -2.63. The zero-order valence-corrected chi connectivity index (χ0v) is 32.0. The van der Waals surface area contributed by atoms with E-state index in [0.717, 1.165) is 57.8 Å². The van der Waals surface area contributed by atoms with Crippen molar-refractivity contribution in [3.8, 4) is 0 Å². The van der Waals surface area contributed by atoms with Gasteiger partial charge < -0.3 is 40.3 Å². The Morgan fingerprint density at radius 3 is 1.85 bits per heavy atom. The van der Waals surface area contributed by atoms with Gasteiger partial charge in [0.05, 0.1) is 25.4 Å². The molecule has 6 N–H and O–H groups in total. The van der Waals surface area contributed by atoms with Crippen LogP contribution in [0.25, 0.3) is 0 Å². The van der Waals surface area contributed by atoms with Crippen molar-refractivity contribution < 1.29 is 39.8 Å². The van der Waals surface area contributed by atoms with Crippen LogP contribution in [0.4, 0.5) is 0 Å². The number of rotatable bonds is 30. The molecule has 1 heterocycles. The number of aliphatic hydroxyl groups is 5. The number of allylic oxidation sites excluding steroid dienone is 13. The van der Waals surface area contributed by atoms with Crippen molar-refractivity contribution in [1.82, 2.24) is 5.32 Å². The summed E-state index contributed by atoms with van der Waals surface area (Å²) in [5.41, 5.74) is 0. The molecule has 0 bridgehead atoms. The highest BCUT2D eigenvalue weighted by molar-refractivity contribution is 5.76. The molecule has 1 fully saturated rings. The molecule has 7 unspecified atom stereocenters. The number of hydrogen-bond acceptors (Lipinski definition) is 8. The Kier molecular flexibility index (Phi) is 30.1. The molecule has 1 aliphatic rings. The lowest BCUT2D eigenvalue weighted by atomic mass is 9.99. The van der Waals surface area contributed by atoms with Gasteiger partial charge in [-0.15, -0.1) is 0 Å². The van der Waals surface area contributed by atoms with Gasteiger partial charge in [0, 0.05) is 6.42 Å². The smallest absolute Gasteiger partial charge is 0.220 e. The predicted octanol–water partition coefficient (Wildman–Crippen LogP) is 7.21. The van der Waals surface area contributed by atoms with Crippen LogP contribution in [-0.2, 0) is 14.3 Å². The number of carbonyl (C=O) groups is 1. The van der Waals surface area contributed by atoms with Gasteiger partial charge in [-0.05, 0) is 70.6 Å². The van der Waals surface area contributed by atoms with Crippen LogP contribution >= 0.6 is 0 Å². The molecule has 1 aliphatic heterocycles. The van der Waals surface area contributed by atoms with Crippen LogP contribution in [0.15, 0.2) is 85.1 Å². The van der Waals surface area contributed by atoms with Crippen molar-refractivity contribution in [2.45, 2.75) is 166 Å². The van der Waals surface area contributed by atoms with Crippen molar-refractivity contribution >= 4 is 5.91 Å². The summed E-state index contributed by atoms with van der Waals surface area (Å²) < 4.78 is 11.1. The van der Waals surface area contributed by atoms with Gasteiger partial charge in [0.15, 0.2) is 6.29 Å². The van der Waals surface area contributed by atoms with E-state index in [0.29, 0.717) is 6.42 Å². The van der Waals surface area contributed by atoms with E-state index in [2.05, 4.69) is 92.1 Å². The standard InChI is InChI=1S/C43H71NO8/c1-3-5-7-9-11-13-15-17-18-19-20-21-23-25-27-29-31-33-39(47)44-36(35-51-43-42(50)41(49)40(48)38(34-45)52-43)37(46)32-30-28-26-24-22-16-14-12-10-8-6-4-2/h5,7,11,13,17-18,20-22,24-25,27,30,32,36-38,40-43,45-46,48-50H,3-4,6,8-10,12,14-16,19,23,26,28-29,31,33-35H2,1-2H3,(H,44,47)/b7-5-,13-11-,18-17-,21-20-,24-22+,27-25-,32-30+. The van der Waals surface area contributed by atoms with Crippen LogP contribution in [0.3, 0.4) is 0 Å². The Labute approximate surface area is 314 Å². The number of unbranched alkanes of at least 4 members (excludes halogenated alkanes) is 8. The van der Waals surface area contributed by atoms with Gasteiger partial charge in [0.1, 0.15) is 24.4 Å². The quantitative estimate of drug-likeness (QED) is 0.0336. The van der Waals surface area contributed by atoms with Crippen molar-refractivity contribution in [3.63, 3.8) is 0 Å². The monoisotopic (exact) mass is 730 g/mol. The summed E-state index contributed by atoms with van der Waals surface area (Å²) in [6.45, 7) is 3.55. The average Bonchev–Trinajstić information content (AvgIpc) is 3.14. The van der Waals surface area contributed by atoms with Crippen molar-refractivity contribution in [3.05, 3.63) is 85.1 Å². The molecule has 0 aromatic heterocycles. The zero-order chi connectivity index (χ0) is 38.1. The molecular weight excluding hydrogens is 658 g/mol. The largest absolute Gasteiger partial charge is 0.394 e. The molecule has 1 amide bonds. The van der Waals surface area contributed by atoms with Crippen LogP contribution in [0.2, 0.25) is 0 Å². The molecule has 52 heavy (non-hydrogen) atoms. The second-order valence-corrected chi connectivity index (χ2v) is 13.3. The first-order valence-corrected chi connectivity index (χ1v) is 19.8. The third-order valence-corrected chi connectivity index (χ3v) is 8.70. The lowest BCUT2D eigenvalue weighted by Crippen LogP contribution is -2.60. The Bertz CT molecular complexity index is 1080. The van der Waals surface area contributed by atoms with Gasteiger partial charge in [0.2, 0.25) is 5.91 Å². The third-order valence-electron chi connectivity index (χ3n) is 8.70. The number of ether oxygens (including phenoxy) is 2. The fourth-order valence-corrected chi connectivity index (χ4v) is 5.50. The molecule has 0 spiro atoms. The number of hydrogen-bond donors (Lipinski definition) is 6. The van der Waals surface area contributed by atoms with Gasteiger partial charge >= 0.3 is 0 Å². The minimum absolute atomic E-state index is 0.229. The van der Waals surface area contributed by atoms with Crippen molar-refractivity contribution in [1.29, 1.82) is 0 Å². The number of nitrogens with one attached hydrogen (secondary N) is 1. The SMILES string of the molecule is CC/C=C\C/C=C\C/C=C\C/C=C\C/C=C\CCCC(=O)NC(COC1OC(CO)C(O)C(O)C1O)C(O)/C=C/CC/C=C/CCCCCCCC. The molecule has 7 atom stereocenters. The number of amides is 1. The molecule has 9 heteroatoms. The lowest BCUT2D eigenvalue weighted by Gasteiger charge is -2.40. The van der Waals surface area contributed by atoms with Crippen molar-refractivity contribution in [2.24, 2.45) is 0 Å². The molecule has 9 nitrogen and oxygen atoms in total. The van der Waals surface area contributed by atoms with E-state index in [9.17, 15) is 30.3 Å². The van der Waals surface area contributed by atoms with Gasteiger partial charge in [-0.3, -0.25) is 4.79 Å². The Morgan fingerprint density at radius 1 is 0.673 bits per heavy atom. The molecule has 1 saturated heterocycles. The maximum atomic E-state index is 12.9. The van der Waals surface area contributed by atoms with Crippen LogP contribution in [0.5, 0.6) is 0 Å². The molecule has 0 radical (unpaired) electrons. The molecule has 0 aliphatic carbocycles. The molecular formula is C43H71NO8. The van der Waals surface area contributed by atoms with E-state index in [1.807, 2.05) is 6.08 Å². The minimum Gasteiger partial charge on any atom is -0.394 e. The first-order chi connectivity index (χ1) is 25.3. The van der Waals surface area contributed by atoms with E-state index in [1.54, 1.807) is 6.08 Å². The second kappa shape index (κ2) is 33.0. The minimum atomic E-state index is -1.58. The summed E-state index contributed by atoms with van der Waals surface area (Å²) in [7, 11) is 0. The Balaban J connectivity index is 2.52. The highest BCUT2D eigenvalue weighted by Crippen LogP contribution is 2.22. The summed E-state index contributed by atoms with van der Waals surface area (Å²) in [5, 5.41) is 53.9. The highest BCUT2D eigenvalue weighted by atomic mass is 16.7. The van der Waals surface area contributed by atoms with E-state index in [-0.39, 0.29) is 18.9 Å². The highest BCUT2D eigenvalue weighted by Gasteiger charge is 2.44. The molecule has 0 aromatic carbocycles. The summed E-state index contributed by atoms with van der Waals surface area (Å²) in [4.78, 5) is 12.9. The van der Waals surface area contributed by atoms with E-state index in [4.69, 9.17) is 9.47 Å². The number of aliphatic hydroxyl groups excluding tert-OH is 5. The van der Waals surface area contributed by atoms with Crippen LogP contribution in [-0.4, -0.2) is 87.5 Å². The first kappa shape index (κ1) is 47.4. The van der Waals surface area contributed by atoms with E-state index >= 15 is 0 Å². The van der Waals surface area contributed by atoms with Gasteiger partial charge in [-0.25, -0.2) is 0 Å². The topological polar surface area (TPSA) is 149 Å². The van der Waals surface area contributed by atoms with E-state index in [1.165, 1.54) is 38.5 Å². The van der Waals surface area contributed by atoms with Crippen molar-refractivity contribution in [2.75, 3.05) is 13.2 Å². The molecule has 0 aromatic rings. The van der Waals surface area contributed by atoms with Gasteiger partial charge in [0.25, 0.3) is 0 Å². The van der Waals surface area contributed by atoms with Gasteiger partial charge in [-0.2, -0.15) is 0 Å². The normalized spacial score (nSPS) is 22.8. The number of carbonyl (C=O) groups excluding carboxylic acids is 1. The molecule has 296 valence electrons. The maximum absolute atomic E-state index is 12.9. The van der Waals surface area contributed by atoms with E-state index < -0.39 is 49.5 Å². The Morgan fingerprint density at radius 2 is 1.21 bits per heavy atom. The average molecular weight is 730 g/mol. The first-order valence-electron chi connectivity index (χ1n) is 19.8. The fraction of sp³-hybridized carbons (Fsp3) is 0.651. The molecule has 0 saturated carbocycles. The molecule has 1 rings (SSSR count). The fourth-order valence-electron chi connectivity index (χ4n) is 5.50.